The highest BCUT2D eigenvalue weighted by Gasteiger charge is 2.10. The molecule has 1 heterocycles. The lowest BCUT2D eigenvalue weighted by Gasteiger charge is -2.13. The van der Waals surface area contributed by atoms with Gasteiger partial charge in [-0.15, -0.1) is 11.3 Å². The first-order valence-corrected chi connectivity index (χ1v) is 6.96. The Labute approximate surface area is 121 Å². The molecule has 0 aliphatic rings. The Morgan fingerprint density at radius 2 is 2.00 bits per heavy atom. The summed E-state index contributed by atoms with van der Waals surface area (Å²) < 4.78 is 10.5. The van der Waals surface area contributed by atoms with Crippen molar-refractivity contribution in [1.82, 2.24) is 4.98 Å². The Hall–Kier alpha value is -1.46. The number of thiazole rings is 1. The summed E-state index contributed by atoms with van der Waals surface area (Å²) in [5.74, 6) is 1.28. The van der Waals surface area contributed by atoms with Gasteiger partial charge in [0.25, 0.3) is 0 Å². The fourth-order valence-corrected chi connectivity index (χ4v) is 2.61. The minimum atomic E-state index is 0.543. The minimum absolute atomic E-state index is 0.543. The average Bonchev–Trinajstić information content (AvgIpc) is 2.82. The second-order valence-corrected chi connectivity index (χ2v) is 5.27. The van der Waals surface area contributed by atoms with Gasteiger partial charge in [-0.25, -0.2) is 4.98 Å². The maximum Gasteiger partial charge on any atom is 0.145 e. The van der Waals surface area contributed by atoms with E-state index in [1.54, 1.807) is 37.7 Å². The van der Waals surface area contributed by atoms with E-state index < -0.39 is 0 Å². The second-order valence-electron chi connectivity index (χ2n) is 3.92. The number of rotatable bonds is 5. The van der Waals surface area contributed by atoms with Crippen molar-refractivity contribution in [2.75, 3.05) is 19.5 Å². The summed E-state index contributed by atoms with van der Waals surface area (Å²) in [5.41, 5.74) is 1.85. The number of benzene rings is 1. The third-order valence-corrected chi connectivity index (χ3v) is 3.83. The smallest absolute Gasteiger partial charge is 0.145 e. The number of anilines is 1. The van der Waals surface area contributed by atoms with Gasteiger partial charge in [0, 0.05) is 17.1 Å². The quantitative estimate of drug-likeness (QED) is 0.913. The monoisotopic (exact) mass is 298 g/mol. The Balaban J connectivity index is 2.17. The number of aromatic nitrogens is 1. The largest absolute Gasteiger partial charge is 0.495 e. The molecule has 0 radical (unpaired) electrons. The number of nitrogens with zero attached hydrogens (tertiary/aromatic N) is 1. The first kappa shape index (κ1) is 14.0. The van der Waals surface area contributed by atoms with Crippen molar-refractivity contribution < 1.29 is 9.47 Å². The summed E-state index contributed by atoms with van der Waals surface area (Å²) >= 11 is 7.73. The third kappa shape index (κ3) is 3.30. The number of hydrogen-bond donors (Lipinski definition) is 1. The molecule has 0 unspecified atom stereocenters. The van der Waals surface area contributed by atoms with Gasteiger partial charge in [0.15, 0.2) is 0 Å². The van der Waals surface area contributed by atoms with Gasteiger partial charge < -0.3 is 14.8 Å². The summed E-state index contributed by atoms with van der Waals surface area (Å²) in [5, 5.41) is 6.85. The standard InChI is InChI=1S/C13H15ClN2O2S/c1-8-7-19-13(16-8)6-15-10-4-9(14)11(17-2)5-12(10)18-3/h4-5,7,15H,6H2,1-3H3. The van der Waals surface area contributed by atoms with Crippen LogP contribution in [0.2, 0.25) is 5.02 Å². The van der Waals surface area contributed by atoms with E-state index in [0.29, 0.717) is 23.1 Å². The zero-order valence-corrected chi connectivity index (χ0v) is 12.6. The zero-order valence-electron chi connectivity index (χ0n) is 11.0. The number of ether oxygens (including phenoxy) is 2. The Morgan fingerprint density at radius 1 is 1.26 bits per heavy atom. The van der Waals surface area contributed by atoms with E-state index in [2.05, 4.69) is 10.3 Å². The molecule has 1 aromatic heterocycles. The van der Waals surface area contributed by atoms with Crippen LogP contribution in [0.1, 0.15) is 10.7 Å². The zero-order chi connectivity index (χ0) is 13.8. The van der Waals surface area contributed by atoms with Crippen LogP contribution in [0.25, 0.3) is 0 Å². The summed E-state index contributed by atoms with van der Waals surface area (Å²) in [6, 6.07) is 3.55. The van der Waals surface area contributed by atoms with Crippen LogP contribution in [0.15, 0.2) is 17.5 Å². The van der Waals surface area contributed by atoms with Gasteiger partial charge in [-0.1, -0.05) is 11.6 Å². The second kappa shape index (κ2) is 6.12. The van der Waals surface area contributed by atoms with E-state index in [1.807, 2.05) is 12.3 Å². The van der Waals surface area contributed by atoms with Gasteiger partial charge in [0.05, 0.1) is 31.5 Å². The van der Waals surface area contributed by atoms with E-state index in [9.17, 15) is 0 Å². The van der Waals surface area contributed by atoms with Crippen molar-refractivity contribution in [2.24, 2.45) is 0 Å². The van der Waals surface area contributed by atoms with Crippen molar-refractivity contribution in [3.05, 3.63) is 33.2 Å². The first-order valence-electron chi connectivity index (χ1n) is 5.70. The van der Waals surface area contributed by atoms with Crippen LogP contribution in [-0.2, 0) is 6.54 Å². The molecule has 4 nitrogen and oxygen atoms in total. The number of nitrogens with one attached hydrogen (secondary N) is 1. The van der Waals surface area contributed by atoms with Crippen molar-refractivity contribution in [3.8, 4) is 11.5 Å². The summed E-state index contributed by atoms with van der Waals surface area (Å²) in [6.07, 6.45) is 0. The fraction of sp³-hybridized carbons (Fsp3) is 0.308. The lowest BCUT2D eigenvalue weighted by Crippen LogP contribution is -2.02. The predicted molar refractivity (Wildman–Crippen MR) is 78.7 cm³/mol. The van der Waals surface area contributed by atoms with E-state index in [0.717, 1.165) is 16.4 Å². The highest BCUT2D eigenvalue weighted by atomic mass is 35.5. The van der Waals surface area contributed by atoms with Crippen molar-refractivity contribution in [3.63, 3.8) is 0 Å². The summed E-state index contributed by atoms with van der Waals surface area (Å²) in [6.45, 7) is 2.61. The molecule has 0 fully saturated rings. The minimum Gasteiger partial charge on any atom is -0.495 e. The van der Waals surface area contributed by atoms with E-state index in [4.69, 9.17) is 21.1 Å². The highest BCUT2D eigenvalue weighted by molar-refractivity contribution is 7.09. The molecule has 1 aromatic carbocycles. The summed E-state index contributed by atoms with van der Waals surface area (Å²) in [4.78, 5) is 4.39. The van der Waals surface area contributed by atoms with Gasteiger partial charge in [-0.3, -0.25) is 0 Å². The molecular formula is C13H15ClN2O2S. The van der Waals surface area contributed by atoms with Gasteiger partial charge in [-0.05, 0) is 13.0 Å². The molecule has 19 heavy (non-hydrogen) atoms. The molecule has 2 rings (SSSR count). The molecular weight excluding hydrogens is 284 g/mol. The van der Waals surface area contributed by atoms with E-state index in [-0.39, 0.29) is 0 Å². The first-order chi connectivity index (χ1) is 9.13. The lowest BCUT2D eigenvalue weighted by molar-refractivity contribution is 0.395. The molecule has 0 saturated heterocycles. The topological polar surface area (TPSA) is 43.4 Å². The molecule has 0 aliphatic carbocycles. The van der Waals surface area contributed by atoms with E-state index in [1.165, 1.54) is 0 Å². The fourth-order valence-electron chi connectivity index (χ4n) is 1.65. The van der Waals surface area contributed by atoms with Crippen LogP contribution >= 0.6 is 22.9 Å². The highest BCUT2D eigenvalue weighted by Crippen LogP contribution is 2.36. The van der Waals surface area contributed by atoms with Crippen LogP contribution in [0.4, 0.5) is 5.69 Å². The Kier molecular flexibility index (Phi) is 4.50. The predicted octanol–water partition coefficient (Wildman–Crippen LogP) is 3.73. The lowest BCUT2D eigenvalue weighted by atomic mass is 10.2. The molecule has 6 heteroatoms. The molecule has 0 saturated carbocycles. The molecule has 0 atom stereocenters. The maximum atomic E-state index is 6.11. The SMILES string of the molecule is COc1cc(OC)c(NCc2nc(C)cs2)cc1Cl. The molecule has 2 aromatic rings. The van der Waals surface area contributed by atoms with Gasteiger partial charge in [0.1, 0.15) is 16.5 Å². The molecule has 102 valence electrons. The molecule has 0 aliphatic heterocycles. The Morgan fingerprint density at radius 3 is 2.58 bits per heavy atom. The van der Waals surface area contributed by atoms with Crippen molar-refractivity contribution >= 4 is 28.6 Å². The van der Waals surface area contributed by atoms with Crippen LogP contribution in [0.5, 0.6) is 11.5 Å². The number of methoxy groups -OCH3 is 2. The van der Waals surface area contributed by atoms with Crippen LogP contribution in [-0.4, -0.2) is 19.2 Å². The third-order valence-electron chi connectivity index (χ3n) is 2.57. The molecule has 1 N–H and O–H groups in total. The maximum absolute atomic E-state index is 6.11. The number of halogens is 1. The number of aryl methyl sites for hydroxylation is 1. The normalized spacial score (nSPS) is 10.3. The van der Waals surface area contributed by atoms with Crippen molar-refractivity contribution in [2.45, 2.75) is 13.5 Å². The van der Waals surface area contributed by atoms with Crippen LogP contribution in [0, 0.1) is 6.92 Å². The number of hydrogen-bond acceptors (Lipinski definition) is 5. The van der Waals surface area contributed by atoms with Crippen molar-refractivity contribution in [1.29, 1.82) is 0 Å². The van der Waals surface area contributed by atoms with Crippen LogP contribution < -0.4 is 14.8 Å². The van der Waals surface area contributed by atoms with Gasteiger partial charge in [-0.2, -0.15) is 0 Å². The molecule has 0 amide bonds. The molecule has 0 spiro atoms. The van der Waals surface area contributed by atoms with E-state index >= 15 is 0 Å². The summed E-state index contributed by atoms with van der Waals surface area (Å²) in [7, 11) is 3.19. The average molecular weight is 299 g/mol. The molecule has 0 bridgehead atoms. The van der Waals surface area contributed by atoms with Gasteiger partial charge >= 0.3 is 0 Å². The Bertz CT molecular complexity index is 572. The van der Waals surface area contributed by atoms with Gasteiger partial charge in [0.2, 0.25) is 0 Å². The van der Waals surface area contributed by atoms with Crippen LogP contribution in [0.3, 0.4) is 0 Å².